The zero-order chi connectivity index (χ0) is 33.3. The van der Waals surface area contributed by atoms with E-state index in [0.29, 0.717) is 0 Å². The number of aliphatic carboxylic acids is 1. The largest absolute Gasteiger partial charge is 0.477 e. The summed E-state index contributed by atoms with van der Waals surface area (Å²) in [7, 11) is 0. The average Bonchev–Trinajstić information content (AvgIpc) is 2.93. The molecule has 3 fully saturated rings. The van der Waals surface area contributed by atoms with Crippen molar-refractivity contribution in [3.8, 4) is 0 Å². The number of carboxylic acid groups (broad SMARTS) is 1. The molecule has 13 N–H and O–H groups in total. The van der Waals surface area contributed by atoms with Crippen LogP contribution in [0.15, 0.2) is 0 Å². The minimum absolute atomic E-state index is 0.606. The van der Waals surface area contributed by atoms with Crippen molar-refractivity contribution in [2.45, 2.75) is 132 Å². The fourth-order valence-corrected chi connectivity index (χ4v) is 5.58. The van der Waals surface area contributed by atoms with Crippen LogP contribution in [0.4, 0.5) is 0 Å². The second kappa shape index (κ2) is 14.5. The molecule has 0 spiro atoms. The van der Waals surface area contributed by atoms with E-state index in [4.69, 9.17) is 35.2 Å². The van der Waals surface area contributed by atoms with Crippen molar-refractivity contribution < 1.29 is 73.8 Å². The van der Waals surface area contributed by atoms with Crippen molar-refractivity contribution in [2.75, 3.05) is 6.61 Å². The maximum absolute atomic E-state index is 12.7. The lowest BCUT2D eigenvalue weighted by atomic mass is 9.87. The minimum atomic E-state index is -2.72. The van der Waals surface area contributed by atoms with E-state index in [1.54, 1.807) is 0 Å². The van der Waals surface area contributed by atoms with Gasteiger partial charge in [-0.2, -0.15) is 0 Å². The van der Waals surface area contributed by atoms with Gasteiger partial charge >= 0.3 is 5.97 Å². The Bertz CT molecular complexity index is 1020. The third-order valence-electron chi connectivity index (χ3n) is 7.92. The molecule has 0 aromatic carbocycles. The lowest BCUT2D eigenvalue weighted by Gasteiger charge is -2.51. The second-order valence-electron chi connectivity index (χ2n) is 11.4. The smallest absolute Gasteiger partial charge is 0.364 e. The van der Waals surface area contributed by atoms with Gasteiger partial charge in [-0.15, -0.1) is 0 Å². The summed E-state index contributed by atoms with van der Waals surface area (Å²) in [5, 5.41) is 78.0. The highest BCUT2D eigenvalue weighted by Crippen LogP contribution is 2.37. The van der Waals surface area contributed by atoms with Crippen LogP contribution in [0.25, 0.3) is 0 Å². The van der Waals surface area contributed by atoms with Crippen molar-refractivity contribution >= 4 is 17.8 Å². The lowest BCUT2D eigenvalue weighted by Crippen LogP contribution is -2.72. The van der Waals surface area contributed by atoms with Gasteiger partial charge in [0.2, 0.25) is 11.8 Å². The molecule has 3 aliphatic heterocycles. The fraction of sp³-hybridized carbons (Fsp3) is 0.880. The zero-order valence-electron chi connectivity index (χ0n) is 24.6. The summed E-state index contributed by atoms with van der Waals surface area (Å²) in [6.45, 7) is 4.22. The van der Waals surface area contributed by atoms with Crippen molar-refractivity contribution in [2.24, 2.45) is 11.5 Å². The summed E-state index contributed by atoms with van der Waals surface area (Å²) in [4.78, 5) is 36.3. The Morgan fingerprint density at radius 1 is 1.02 bits per heavy atom. The van der Waals surface area contributed by atoms with E-state index in [1.165, 1.54) is 13.8 Å². The molecular formula is C25H44N4O15. The van der Waals surface area contributed by atoms with E-state index in [0.717, 1.165) is 13.8 Å². The van der Waals surface area contributed by atoms with Crippen LogP contribution in [0, 0.1) is 0 Å². The average molecular weight is 641 g/mol. The van der Waals surface area contributed by atoms with E-state index in [2.05, 4.69) is 10.6 Å². The van der Waals surface area contributed by atoms with Crippen LogP contribution in [0.3, 0.4) is 0 Å². The summed E-state index contributed by atoms with van der Waals surface area (Å²) >= 11 is 0. The number of carbonyl (C=O) groups is 3. The molecule has 2 amide bonds. The van der Waals surface area contributed by atoms with Gasteiger partial charge < -0.3 is 81.5 Å². The van der Waals surface area contributed by atoms with Gasteiger partial charge in [0.05, 0.1) is 43.0 Å². The van der Waals surface area contributed by atoms with Crippen LogP contribution in [-0.4, -0.2) is 158 Å². The summed E-state index contributed by atoms with van der Waals surface area (Å²) in [5.74, 6) is -5.70. The molecule has 19 heteroatoms. The molecule has 254 valence electrons. The predicted octanol–water partition coefficient (Wildman–Crippen LogP) is -6.09. The Labute approximate surface area is 252 Å². The highest BCUT2D eigenvalue weighted by Gasteiger charge is 2.59. The van der Waals surface area contributed by atoms with Crippen LogP contribution >= 0.6 is 0 Å². The first-order valence-electron chi connectivity index (χ1n) is 14.1. The Balaban J connectivity index is 1.94. The number of hydrogen-bond acceptors (Lipinski definition) is 16. The van der Waals surface area contributed by atoms with E-state index >= 15 is 0 Å². The van der Waals surface area contributed by atoms with Crippen LogP contribution in [-0.2, 0) is 38.1 Å². The van der Waals surface area contributed by atoms with Crippen LogP contribution in [0.2, 0.25) is 0 Å². The summed E-state index contributed by atoms with van der Waals surface area (Å²) in [6, 6.07) is -5.48. The quantitative estimate of drug-likeness (QED) is 0.106. The monoisotopic (exact) mass is 640 g/mol. The number of amides is 2. The molecule has 3 heterocycles. The number of carbonyl (C=O) groups excluding carboxylic acids is 2. The fourth-order valence-electron chi connectivity index (χ4n) is 5.58. The molecule has 19 nitrogen and oxygen atoms in total. The van der Waals surface area contributed by atoms with Gasteiger partial charge in [-0.25, -0.2) is 4.79 Å². The van der Waals surface area contributed by atoms with Gasteiger partial charge in [-0.05, 0) is 13.8 Å². The Morgan fingerprint density at radius 3 is 2.18 bits per heavy atom. The molecule has 0 aliphatic carbocycles. The molecule has 3 saturated heterocycles. The van der Waals surface area contributed by atoms with E-state index in [9.17, 15) is 50.1 Å². The third kappa shape index (κ3) is 7.64. The van der Waals surface area contributed by atoms with Crippen LogP contribution in [0.5, 0.6) is 0 Å². The molecule has 0 radical (unpaired) electrons. The molecule has 3 rings (SSSR count). The number of aliphatic hydroxyl groups excluding tert-OH is 6. The molecule has 0 unspecified atom stereocenters. The molecule has 16 atom stereocenters. The van der Waals surface area contributed by atoms with Crippen molar-refractivity contribution in [3.05, 3.63) is 0 Å². The van der Waals surface area contributed by atoms with Crippen molar-refractivity contribution in [1.82, 2.24) is 10.6 Å². The number of ether oxygens (including phenoxy) is 5. The highest BCUT2D eigenvalue weighted by molar-refractivity contribution is 5.76. The third-order valence-corrected chi connectivity index (χ3v) is 7.92. The first-order valence-corrected chi connectivity index (χ1v) is 14.1. The second-order valence-corrected chi connectivity index (χ2v) is 11.4. The number of hydrogen-bond donors (Lipinski definition) is 11. The summed E-state index contributed by atoms with van der Waals surface area (Å²) in [6.07, 6.45) is -17.4. The van der Waals surface area contributed by atoms with E-state index < -0.39 is 128 Å². The number of nitrogens with two attached hydrogens (primary N) is 2. The SMILES string of the molecule is CC(=O)N[C@@H]1[C@@H](O[C@@H]2O[C@@H](C)[C@@H](O)[C@@H](O[C@]3(C(=O)O)C[C@H](O)[C@@H](N)[C@H]([C@H](NC(C)=O)[C@H](C)O)O3)[C@@H]2N)[C@@H](O)[C@@H](CO)O[C@@H]1O. The first kappa shape index (κ1) is 36.4. The molecule has 44 heavy (non-hydrogen) atoms. The molecule has 0 aromatic heterocycles. The Hall–Kier alpha value is -2.11. The minimum Gasteiger partial charge on any atom is -0.477 e. The van der Waals surface area contributed by atoms with E-state index in [1.807, 2.05) is 0 Å². The number of rotatable bonds is 10. The maximum Gasteiger partial charge on any atom is 0.364 e. The van der Waals surface area contributed by atoms with Gasteiger partial charge in [0.25, 0.3) is 5.79 Å². The molecule has 3 aliphatic rings. The van der Waals surface area contributed by atoms with Gasteiger partial charge in [-0.3, -0.25) is 9.59 Å². The highest BCUT2D eigenvalue weighted by atomic mass is 16.7. The number of nitrogens with one attached hydrogen (secondary N) is 2. The molecule has 0 bridgehead atoms. The maximum atomic E-state index is 12.7. The van der Waals surface area contributed by atoms with Crippen molar-refractivity contribution in [3.63, 3.8) is 0 Å². The molecule has 0 saturated carbocycles. The van der Waals surface area contributed by atoms with Crippen molar-refractivity contribution in [1.29, 1.82) is 0 Å². The lowest BCUT2D eigenvalue weighted by molar-refractivity contribution is -0.356. The zero-order valence-corrected chi connectivity index (χ0v) is 24.6. The predicted molar refractivity (Wildman–Crippen MR) is 143 cm³/mol. The topological polar surface area (TPSA) is 315 Å². The molecule has 0 aromatic rings. The van der Waals surface area contributed by atoms with Crippen LogP contribution < -0.4 is 22.1 Å². The Morgan fingerprint density at radius 2 is 1.66 bits per heavy atom. The van der Waals surface area contributed by atoms with Gasteiger partial charge in [0.15, 0.2) is 12.6 Å². The summed E-state index contributed by atoms with van der Waals surface area (Å²) in [5.41, 5.74) is 12.4. The first-order chi connectivity index (χ1) is 20.4. The standard InChI is InChI=1S/C25H44N4O15/c1-7(31)15(28-9(3)32)19-13(26)11(34)5-25(43-19,24(38)39)44-20-14(27)23(40-8(2)17(20)35)42-21-16(29-10(4)33)22(37)41-12(6-30)18(21)36/h7-8,11-23,30-31,34-37H,5-6,26-27H2,1-4H3,(H,28,32)(H,29,33)(H,38,39)/t7-,8-,11-,12+,13+,14-,15+,16+,17+,18-,19+,20-,21+,22-,23-,25-/m0/s1. The summed E-state index contributed by atoms with van der Waals surface area (Å²) < 4.78 is 28.4. The van der Waals surface area contributed by atoms with Gasteiger partial charge in [0, 0.05) is 20.3 Å². The normalized spacial score (nSPS) is 44.3. The van der Waals surface area contributed by atoms with Crippen LogP contribution in [0.1, 0.15) is 34.1 Å². The van der Waals surface area contributed by atoms with Gasteiger partial charge in [-0.1, -0.05) is 0 Å². The Kier molecular flexibility index (Phi) is 12.0. The number of aliphatic hydroxyl groups is 6. The molecular weight excluding hydrogens is 596 g/mol. The number of carboxylic acids is 1. The van der Waals surface area contributed by atoms with E-state index in [-0.39, 0.29) is 0 Å². The van der Waals surface area contributed by atoms with Gasteiger partial charge in [0.1, 0.15) is 42.7 Å².